The minimum absolute atomic E-state index is 0.00107. The summed E-state index contributed by atoms with van der Waals surface area (Å²) < 4.78 is 51.2. The zero-order valence-corrected chi connectivity index (χ0v) is 82.6. The maximum absolute atomic E-state index is 13.7. The van der Waals surface area contributed by atoms with Gasteiger partial charge in [0, 0.05) is 107 Å². The third-order valence-electron chi connectivity index (χ3n) is 25.1. The van der Waals surface area contributed by atoms with Gasteiger partial charge in [0.2, 0.25) is 0 Å². The number of methoxy groups -OCH3 is 4. The van der Waals surface area contributed by atoms with Crippen molar-refractivity contribution in [3.8, 4) is 23.0 Å². The highest BCUT2D eigenvalue weighted by molar-refractivity contribution is 6.09. The van der Waals surface area contributed by atoms with Gasteiger partial charge in [-0.25, -0.2) is 48.2 Å². The first-order chi connectivity index (χ1) is 68.4. The molecule has 10 heterocycles. The van der Waals surface area contributed by atoms with Crippen molar-refractivity contribution in [2.24, 2.45) is 56.4 Å². The lowest BCUT2D eigenvalue weighted by atomic mass is 9.94. The number of aliphatic hydroxyl groups is 4. The third-order valence-corrected chi connectivity index (χ3v) is 25.1. The van der Waals surface area contributed by atoms with Gasteiger partial charge in [0.1, 0.15) is 49.4 Å². The average Bonchev–Trinajstić information content (AvgIpc) is 1.60. The molecule has 6 N–H and O–H groups in total. The highest BCUT2D eigenvalue weighted by Crippen LogP contribution is 2.43. The SMILES string of the molecule is C=CCOC(=O)N1c2cc(C)c(OC)cc2C(=O)N2CC=C(c3cn(C)c(=O)n(C)c3=O)C[C@H]2C1O.C=CCOC(=O)N1c2cc(C)c(OC)cc2C(=O)N2CCC(c3cn(C)c(=O)n(C)c3=O)=C[C@H]2C1O.C=CCOC(=O)Nc1cc(C)c(OC)cc1C(=O)N1CC=C(c2cn(C)c(=O)n(C)c2=O)C[C@H]1CO.C=CCOC(=O)Nc1cc(C)c(OC)cc1C(=O)N1CCC(c2cn(C)c(=O)n(C)c2=O)=C[C@H]1CO. The normalized spacial score (nSPS) is 17.2. The van der Waals surface area contributed by atoms with Crippen molar-refractivity contribution in [2.45, 2.75) is 90.0 Å². The van der Waals surface area contributed by atoms with Gasteiger partial charge in [-0.2, -0.15) is 0 Å². The Morgan fingerprint density at radius 2 is 0.764 bits per heavy atom. The van der Waals surface area contributed by atoms with Gasteiger partial charge in [0.05, 0.1) is 133 Å². The molecule has 4 aromatic carbocycles. The maximum Gasteiger partial charge on any atom is 0.416 e. The minimum atomic E-state index is -1.52. The molecule has 4 aromatic heterocycles. The Morgan fingerprint density at radius 1 is 0.410 bits per heavy atom. The summed E-state index contributed by atoms with van der Waals surface area (Å²) in [6.45, 7) is 20.8. The van der Waals surface area contributed by atoms with Crippen LogP contribution in [0.3, 0.4) is 0 Å². The zero-order chi connectivity index (χ0) is 106. The molecule has 0 aliphatic carbocycles. The predicted molar refractivity (Wildman–Crippen MR) is 533 cm³/mol. The van der Waals surface area contributed by atoms with Gasteiger partial charge >= 0.3 is 47.1 Å². The predicted octanol–water partition coefficient (Wildman–Crippen LogP) is 5.17. The molecule has 144 heavy (non-hydrogen) atoms. The van der Waals surface area contributed by atoms with E-state index in [9.17, 15) is 97.1 Å². The number of fused-ring (bicyclic) bond motifs is 4. The van der Waals surface area contributed by atoms with Crippen molar-refractivity contribution in [1.82, 2.24) is 56.1 Å². The number of carbonyl (C=O) groups excluding carboxylic acids is 8. The van der Waals surface area contributed by atoms with Crippen LogP contribution in [0.15, 0.2) is 187 Å². The molecule has 6 aliphatic heterocycles. The van der Waals surface area contributed by atoms with Crippen LogP contribution in [0.5, 0.6) is 23.0 Å². The van der Waals surface area contributed by atoms with Crippen molar-refractivity contribution in [3.05, 3.63) is 298 Å². The number of hydrogen-bond donors (Lipinski definition) is 6. The van der Waals surface area contributed by atoms with E-state index < -0.39 is 136 Å². The van der Waals surface area contributed by atoms with E-state index in [-0.39, 0.29) is 128 Å². The van der Waals surface area contributed by atoms with Crippen LogP contribution in [-0.2, 0) is 75.3 Å². The molecule has 0 bridgehead atoms. The summed E-state index contributed by atoms with van der Waals surface area (Å²) in [6.07, 6.45) is 12.8. The Hall–Kier alpha value is -16.5. The lowest BCUT2D eigenvalue weighted by Crippen LogP contribution is -2.54. The number of nitrogens with one attached hydrogen (secondary N) is 2. The second-order valence-corrected chi connectivity index (χ2v) is 34.2. The molecule has 44 heteroatoms. The number of amides is 8. The number of nitrogens with zero attached hydrogens (tertiary/aromatic N) is 14. The number of ether oxygens (including phenoxy) is 8. The summed E-state index contributed by atoms with van der Waals surface area (Å²) >= 11 is 0. The van der Waals surface area contributed by atoms with Gasteiger partial charge in [-0.3, -0.25) is 67.3 Å². The summed E-state index contributed by atoms with van der Waals surface area (Å²) in [5, 5.41) is 48.4. The Morgan fingerprint density at radius 3 is 1.17 bits per heavy atom. The first-order valence-electron chi connectivity index (χ1n) is 45.1. The van der Waals surface area contributed by atoms with Gasteiger partial charge in [0.25, 0.3) is 45.9 Å². The number of aryl methyl sites for hydroxylation is 8. The number of benzene rings is 4. The Bertz CT molecular complexity index is 7040. The van der Waals surface area contributed by atoms with Crippen LogP contribution in [0.25, 0.3) is 22.3 Å². The number of aromatic nitrogens is 8. The topological polar surface area (TPSA) is 511 Å². The van der Waals surface area contributed by atoms with E-state index in [4.69, 9.17) is 37.9 Å². The van der Waals surface area contributed by atoms with Crippen molar-refractivity contribution in [2.75, 3.05) is 115 Å². The van der Waals surface area contributed by atoms with Crippen molar-refractivity contribution < 1.29 is 96.7 Å². The molecule has 6 aliphatic rings. The van der Waals surface area contributed by atoms with E-state index in [0.29, 0.717) is 91.5 Å². The summed E-state index contributed by atoms with van der Waals surface area (Å²) in [6, 6.07) is 9.26. The van der Waals surface area contributed by atoms with Gasteiger partial charge < -0.3 is 96.2 Å². The average molecular weight is 1990 g/mol. The van der Waals surface area contributed by atoms with E-state index in [1.54, 1.807) is 90.4 Å². The van der Waals surface area contributed by atoms with E-state index in [0.717, 1.165) is 28.1 Å². The van der Waals surface area contributed by atoms with E-state index in [1.807, 2.05) is 0 Å². The lowest BCUT2D eigenvalue weighted by Gasteiger charge is -2.38. The number of hydrogen-bond acceptors (Lipinski definition) is 28. The van der Waals surface area contributed by atoms with Gasteiger partial charge in [-0.05, 0) is 146 Å². The molecule has 764 valence electrons. The minimum Gasteiger partial charge on any atom is -0.496 e. The molecular weight excluding hydrogens is 1870 g/mol. The standard InChI is InChI=1S/2C25H28N4O7.2C25H30N4O7/c2*1-6-9-36-25(34)29-18-10-14(2)20(35-5)12-16(18)22(31)28-8-7-15(11-19(28)23(29)32)17-13-26(3)24(33)27(4)21(17)30;2*1-6-9-36-24(33)26-20-10-15(2)21(35-5)12-18(20)23(32)29-8-7-16(11-17(29)14-30)19-13-27(3)25(34)28(4)22(19)31/h6,10-13,19,23,32H,1,7-9H2,2-5H3;6-7,10,12-13,19,23,32H,1,8-9,11H2,2-5H3;6,10-13,17,30H,1,7-9,14H2,2-5H3,(H,26,33);6-7,10,12-13,17,30H,1,8-9,11,14H2,2-5H3,(H,26,33)/t2*19-,23?;2*17-/m0000/s1. The second kappa shape index (κ2) is 46.3. The van der Waals surface area contributed by atoms with Gasteiger partial charge in [-0.1, -0.05) is 74.9 Å². The second-order valence-electron chi connectivity index (χ2n) is 34.2. The number of aliphatic hydroxyl groups excluding tert-OH is 4. The summed E-state index contributed by atoms with van der Waals surface area (Å²) in [4.78, 5) is 213. The monoisotopic (exact) mass is 1990 g/mol. The van der Waals surface area contributed by atoms with Crippen LogP contribution in [0, 0.1) is 27.7 Å². The van der Waals surface area contributed by atoms with E-state index >= 15 is 0 Å². The lowest BCUT2D eigenvalue weighted by molar-refractivity contribution is 0.0397. The fraction of sp³-hybridized carbons (Fsp3) is 0.360. The largest absolute Gasteiger partial charge is 0.496 e. The summed E-state index contributed by atoms with van der Waals surface area (Å²) in [7, 11) is 17.6. The van der Waals surface area contributed by atoms with Crippen LogP contribution in [0.1, 0.15) is 112 Å². The molecule has 8 aromatic rings. The molecule has 0 spiro atoms. The first kappa shape index (κ1) is 108. The molecular formula is C100H116N16O28. The van der Waals surface area contributed by atoms with Gasteiger partial charge in [0.15, 0.2) is 12.5 Å². The van der Waals surface area contributed by atoms with Crippen molar-refractivity contribution >= 4 is 93.0 Å². The first-order valence-corrected chi connectivity index (χ1v) is 45.1. The number of rotatable bonds is 22. The summed E-state index contributed by atoms with van der Waals surface area (Å²) in [5.74, 6) is 0.0969. The Balaban J connectivity index is 0.000000183. The summed E-state index contributed by atoms with van der Waals surface area (Å²) in [5.41, 5.74) is 4.03. The maximum atomic E-state index is 13.7. The van der Waals surface area contributed by atoms with Crippen LogP contribution in [0.4, 0.5) is 41.9 Å². The Labute approximate surface area is 824 Å². The number of carbonyl (C=O) groups is 8. The quantitative estimate of drug-likeness (QED) is 0.0376. The van der Waals surface area contributed by atoms with Crippen LogP contribution in [0.2, 0.25) is 0 Å². The van der Waals surface area contributed by atoms with Crippen LogP contribution < -0.4 is 84.4 Å². The molecule has 44 nitrogen and oxygen atoms in total. The fourth-order valence-electron chi connectivity index (χ4n) is 17.5. The molecule has 6 atom stereocenters. The van der Waals surface area contributed by atoms with Gasteiger partial charge in [-0.15, -0.1) is 0 Å². The molecule has 0 saturated heterocycles. The highest BCUT2D eigenvalue weighted by Gasteiger charge is 2.48. The molecule has 8 amide bonds. The van der Waals surface area contributed by atoms with Crippen LogP contribution >= 0.6 is 0 Å². The smallest absolute Gasteiger partial charge is 0.416 e. The van der Waals surface area contributed by atoms with Crippen molar-refractivity contribution in [1.29, 1.82) is 0 Å². The van der Waals surface area contributed by atoms with E-state index in [2.05, 4.69) is 36.9 Å². The van der Waals surface area contributed by atoms with Crippen molar-refractivity contribution in [3.63, 3.8) is 0 Å². The van der Waals surface area contributed by atoms with E-state index in [1.165, 1.54) is 182 Å². The zero-order valence-electron chi connectivity index (χ0n) is 82.6. The molecule has 2 unspecified atom stereocenters. The fourth-order valence-corrected chi connectivity index (χ4v) is 17.5. The molecule has 0 radical (unpaired) electrons. The third kappa shape index (κ3) is 22.3. The molecule has 0 saturated carbocycles. The van der Waals surface area contributed by atoms with Crippen LogP contribution in [-0.4, -0.2) is 255 Å². The Kier molecular flexibility index (Phi) is 34.7. The molecule has 0 fully saturated rings. The highest BCUT2D eigenvalue weighted by atomic mass is 16.6. The molecule has 14 rings (SSSR count). The number of anilines is 4.